The molecular weight excluding hydrogens is 579 g/mol. The molecule has 0 N–H and O–H groups in total. The summed E-state index contributed by atoms with van der Waals surface area (Å²) in [4.78, 5) is 33.8. The molecule has 0 unspecified atom stereocenters. The zero-order valence-corrected chi connectivity index (χ0v) is 22.7. The van der Waals surface area contributed by atoms with E-state index in [1.54, 1.807) is 35.2 Å². The molecule has 2 aromatic heterocycles. The number of amides is 1. The molecule has 11 nitrogen and oxygen atoms in total. The van der Waals surface area contributed by atoms with Gasteiger partial charge in [0.1, 0.15) is 10.7 Å². The number of halogens is 3. The van der Waals surface area contributed by atoms with E-state index in [1.165, 1.54) is 35.2 Å². The van der Waals surface area contributed by atoms with Crippen LogP contribution in [-0.4, -0.2) is 66.6 Å². The van der Waals surface area contributed by atoms with E-state index in [9.17, 15) is 36.5 Å². The van der Waals surface area contributed by atoms with Gasteiger partial charge in [0.15, 0.2) is 15.6 Å². The molecule has 1 saturated heterocycles. The van der Waals surface area contributed by atoms with Gasteiger partial charge in [0.25, 0.3) is 5.91 Å². The van der Waals surface area contributed by atoms with Crippen molar-refractivity contribution in [1.82, 2.24) is 14.9 Å². The Bertz CT molecular complexity index is 1750. The Labute approximate surface area is 237 Å². The van der Waals surface area contributed by atoms with Crippen molar-refractivity contribution in [3.05, 3.63) is 88.4 Å². The summed E-state index contributed by atoms with van der Waals surface area (Å²) in [5.74, 6) is -2.77. The van der Waals surface area contributed by atoms with E-state index >= 15 is 0 Å². The molecular formula is C27H22F3N5O6S. The van der Waals surface area contributed by atoms with E-state index in [-0.39, 0.29) is 53.9 Å². The average Bonchev–Trinajstić information content (AvgIpc) is 3.47. The first-order valence-electron chi connectivity index (χ1n) is 12.5. The van der Waals surface area contributed by atoms with Gasteiger partial charge in [-0.25, -0.2) is 18.4 Å². The van der Waals surface area contributed by atoms with Gasteiger partial charge in [0.05, 0.1) is 22.2 Å². The van der Waals surface area contributed by atoms with Crippen LogP contribution in [0, 0.1) is 10.1 Å². The Kier molecular flexibility index (Phi) is 7.45. The van der Waals surface area contributed by atoms with Crippen molar-refractivity contribution in [3.63, 3.8) is 0 Å². The number of aromatic nitrogens is 2. The van der Waals surface area contributed by atoms with Gasteiger partial charge in [0.2, 0.25) is 5.82 Å². The van der Waals surface area contributed by atoms with Crippen LogP contribution in [-0.2, 0) is 16.0 Å². The normalized spacial score (nSPS) is 14.2. The summed E-state index contributed by atoms with van der Waals surface area (Å²) in [6.45, 7) is 0.334. The third-order valence-electron chi connectivity index (χ3n) is 6.61. The Hall–Kier alpha value is -4.79. The van der Waals surface area contributed by atoms with E-state index in [4.69, 9.17) is 4.42 Å². The molecule has 1 fully saturated rings. The number of alkyl halides is 3. The zero-order chi connectivity index (χ0) is 30.2. The van der Waals surface area contributed by atoms with Crippen LogP contribution < -0.4 is 4.90 Å². The highest BCUT2D eigenvalue weighted by Gasteiger charge is 2.38. The van der Waals surface area contributed by atoms with Crippen molar-refractivity contribution in [1.29, 1.82) is 0 Å². The summed E-state index contributed by atoms with van der Waals surface area (Å²) >= 11 is 0. The summed E-state index contributed by atoms with van der Waals surface area (Å²) in [5, 5.41) is 10.9. The minimum atomic E-state index is -4.89. The molecule has 0 atom stereocenters. The lowest BCUT2D eigenvalue weighted by Crippen LogP contribution is -2.49. The number of carbonyl (C=O) groups excluding carboxylic acids is 1. The Balaban J connectivity index is 1.56. The molecule has 0 saturated carbocycles. The minimum absolute atomic E-state index is 0.000476. The van der Waals surface area contributed by atoms with Crippen molar-refractivity contribution in [2.75, 3.05) is 37.3 Å². The lowest BCUT2D eigenvalue weighted by molar-refractivity contribution is -0.402. The number of furan rings is 1. The van der Waals surface area contributed by atoms with Crippen molar-refractivity contribution >= 4 is 27.4 Å². The standard InChI is InChI=1S/C27H22F3N5O6S/c1-42(39,40)19-9-7-18(8-10-19)23-22(17-5-3-2-4-6-17)24(32-26(31-23)27(28,29)30)33-13-15-34(16-14-33)25(36)20-11-12-21(41-20)35(37)38/h2-12H,13-16H2,1H3. The summed E-state index contributed by atoms with van der Waals surface area (Å²) in [7, 11) is -3.55. The highest BCUT2D eigenvalue weighted by atomic mass is 32.2. The smallest absolute Gasteiger partial charge is 0.395 e. The average molecular weight is 602 g/mol. The van der Waals surface area contributed by atoms with Gasteiger partial charge in [0, 0.05) is 38.0 Å². The lowest BCUT2D eigenvalue weighted by Gasteiger charge is -2.36. The van der Waals surface area contributed by atoms with Gasteiger partial charge in [-0.2, -0.15) is 13.2 Å². The van der Waals surface area contributed by atoms with Crippen LogP contribution in [0.25, 0.3) is 22.4 Å². The SMILES string of the molecule is CS(=O)(=O)c1ccc(-c2nc(C(F)(F)F)nc(N3CCN(C(=O)c4ccc([N+](=O)[O-])o4)CC3)c2-c2ccccc2)cc1. The van der Waals surface area contributed by atoms with E-state index in [1.807, 2.05) is 0 Å². The maximum atomic E-state index is 14.1. The maximum absolute atomic E-state index is 14.1. The first-order chi connectivity index (χ1) is 19.8. The second-order valence-electron chi connectivity index (χ2n) is 9.43. The van der Waals surface area contributed by atoms with Crippen molar-refractivity contribution in [3.8, 4) is 22.4 Å². The van der Waals surface area contributed by atoms with Crippen LogP contribution >= 0.6 is 0 Å². The third-order valence-corrected chi connectivity index (χ3v) is 7.74. The molecule has 218 valence electrons. The number of nitrogens with zero attached hydrogens (tertiary/aromatic N) is 5. The van der Waals surface area contributed by atoms with E-state index < -0.39 is 38.6 Å². The number of nitro groups is 1. The molecule has 15 heteroatoms. The molecule has 0 spiro atoms. The van der Waals surface area contributed by atoms with Gasteiger partial charge in [-0.15, -0.1) is 0 Å². The molecule has 0 aliphatic carbocycles. The fourth-order valence-electron chi connectivity index (χ4n) is 4.56. The Morgan fingerprint density at radius 2 is 1.57 bits per heavy atom. The summed E-state index contributed by atoms with van der Waals surface area (Å²) in [5.41, 5.74) is 1.05. The number of sulfone groups is 1. The minimum Gasteiger partial charge on any atom is -0.395 e. The predicted molar refractivity (Wildman–Crippen MR) is 144 cm³/mol. The van der Waals surface area contributed by atoms with Crippen LogP contribution in [0.4, 0.5) is 24.9 Å². The number of hydrogen-bond acceptors (Lipinski definition) is 9. The number of benzene rings is 2. The van der Waals surface area contributed by atoms with Crippen LogP contribution in [0.2, 0.25) is 0 Å². The summed E-state index contributed by atoms with van der Waals surface area (Å²) in [6.07, 6.45) is -3.86. The summed E-state index contributed by atoms with van der Waals surface area (Å²) < 4.78 is 71.1. The number of rotatable bonds is 6. The lowest BCUT2D eigenvalue weighted by atomic mass is 9.98. The monoisotopic (exact) mass is 601 g/mol. The zero-order valence-electron chi connectivity index (χ0n) is 21.9. The molecule has 42 heavy (non-hydrogen) atoms. The van der Waals surface area contributed by atoms with E-state index in [0.29, 0.717) is 11.1 Å². The topological polar surface area (TPSA) is 140 Å². The largest absolute Gasteiger partial charge is 0.451 e. The maximum Gasteiger partial charge on any atom is 0.451 e. The quantitative estimate of drug-likeness (QED) is 0.227. The van der Waals surface area contributed by atoms with Crippen LogP contribution in [0.1, 0.15) is 16.4 Å². The molecule has 1 aliphatic heterocycles. The first kappa shape index (κ1) is 28.7. The number of carbonyl (C=O) groups is 1. The van der Waals surface area contributed by atoms with Gasteiger partial charge < -0.3 is 14.2 Å². The van der Waals surface area contributed by atoms with Gasteiger partial charge >= 0.3 is 12.1 Å². The Morgan fingerprint density at radius 3 is 2.12 bits per heavy atom. The first-order valence-corrected chi connectivity index (χ1v) is 14.4. The van der Waals surface area contributed by atoms with Crippen LogP contribution in [0.15, 0.2) is 76.0 Å². The van der Waals surface area contributed by atoms with Crippen molar-refractivity contribution < 1.29 is 35.7 Å². The second-order valence-corrected chi connectivity index (χ2v) is 11.4. The number of piperazine rings is 1. The number of anilines is 1. The van der Waals surface area contributed by atoms with Crippen LogP contribution in [0.5, 0.6) is 0 Å². The molecule has 2 aromatic carbocycles. The van der Waals surface area contributed by atoms with Gasteiger partial charge in [-0.1, -0.05) is 42.5 Å². The highest BCUT2D eigenvalue weighted by Crippen LogP contribution is 2.41. The fraction of sp³-hybridized carbons (Fsp3) is 0.222. The fourth-order valence-corrected chi connectivity index (χ4v) is 5.19. The molecule has 5 rings (SSSR count). The third kappa shape index (κ3) is 5.81. The molecule has 4 aromatic rings. The molecule has 0 radical (unpaired) electrons. The molecule has 3 heterocycles. The van der Waals surface area contributed by atoms with Crippen LogP contribution in [0.3, 0.4) is 0 Å². The van der Waals surface area contributed by atoms with Gasteiger partial charge in [-0.05, 0) is 23.8 Å². The second kappa shape index (κ2) is 10.9. The molecule has 1 aliphatic rings. The molecule has 0 bridgehead atoms. The van der Waals surface area contributed by atoms with Gasteiger partial charge in [-0.3, -0.25) is 14.9 Å². The number of hydrogen-bond donors (Lipinski definition) is 0. The van der Waals surface area contributed by atoms with Crippen molar-refractivity contribution in [2.24, 2.45) is 0 Å². The van der Waals surface area contributed by atoms with Crippen molar-refractivity contribution in [2.45, 2.75) is 11.1 Å². The van der Waals surface area contributed by atoms with E-state index in [2.05, 4.69) is 9.97 Å². The highest BCUT2D eigenvalue weighted by molar-refractivity contribution is 7.90. The van der Waals surface area contributed by atoms with E-state index in [0.717, 1.165) is 12.3 Å². The summed E-state index contributed by atoms with van der Waals surface area (Å²) in [6, 6.07) is 16.2. The Morgan fingerprint density at radius 1 is 0.929 bits per heavy atom. The predicted octanol–water partition coefficient (Wildman–Crippen LogP) is 4.70. The molecule has 1 amide bonds.